The lowest BCUT2D eigenvalue weighted by Crippen LogP contribution is -2.16. The molecule has 3 aromatic rings. The van der Waals surface area contributed by atoms with E-state index in [1.807, 2.05) is 62.6 Å². The maximum Gasteiger partial charge on any atom is 0.234 e. The van der Waals surface area contributed by atoms with Crippen molar-refractivity contribution in [2.24, 2.45) is 0 Å². The van der Waals surface area contributed by atoms with E-state index in [0.29, 0.717) is 11.7 Å². The van der Waals surface area contributed by atoms with Crippen LogP contribution in [0.15, 0.2) is 47.6 Å². The number of amides is 1. The van der Waals surface area contributed by atoms with Crippen molar-refractivity contribution in [1.82, 2.24) is 14.8 Å². The van der Waals surface area contributed by atoms with Crippen molar-refractivity contribution in [3.05, 3.63) is 65.0 Å². The summed E-state index contributed by atoms with van der Waals surface area (Å²) in [5, 5.41) is 12.3. The molecule has 3 rings (SSSR count). The summed E-state index contributed by atoms with van der Waals surface area (Å²) in [6, 6.07) is 14.1. The third kappa shape index (κ3) is 5.88. The van der Waals surface area contributed by atoms with Crippen LogP contribution in [0.4, 0.5) is 5.69 Å². The number of ether oxygens (including phenoxy) is 1. The lowest BCUT2D eigenvalue weighted by atomic mass is 10.1. The lowest BCUT2D eigenvalue weighted by Gasteiger charge is -2.16. The van der Waals surface area contributed by atoms with Gasteiger partial charge >= 0.3 is 0 Å². The van der Waals surface area contributed by atoms with Crippen LogP contribution < -0.4 is 10.1 Å². The zero-order valence-corrected chi connectivity index (χ0v) is 19.6. The van der Waals surface area contributed by atoms with E-state index in [4.69, 9.17) is 4.74 Å². The van der Waals surface area contributed by atoms with Gasteiger partial charge in [0.15, 0.2) is 17.1 Å². The largest absolute Gasteiger partial charge is 0.483 e. The standard InChI is InChI=1S/C24H30N4O2S/c1-6-19-10-12-20(13-11-19)30-18(5)23-26-27-24(28(23)7-2)31-15-22(29)25-21-14-16(3)8-9-17(21)4/h8-14,18H,6-7,15H2,1-5H3,(H,25,29)/t18-/m0/s1. The van der Waals surface area contributed by atoms with Gasteiger partial charge in [0.25, 0.3) is 0 Å². The molecule has 1 N–H and O–H groups in total. The second-order valence-corrected chi connectivity index (χ2v) is 8.44. The van der Waals surface area contributed by atoms with Gasteiger partial charge < -0.3 is 14.6 Å². The van der Waals surface area contributed by atoms with E-state index in [9.17, 15) is 4.79 Å². The highest BCUT2D eigenvalue weighted by Gasteiger charge is 2.19. The molecular formula is C24H30N4O2S. The molecule has 7 heteroatoms. The highest BCUT2D eigenvalue weighted by atomic mass is 32.2. The van der Waals surface area contributed by atoms with Gasteiger partial charge in [0, 0.05) is 12.2 Å². The number of nitrogens with one attached hydrogen (secondary N) is 1. The van der Waals surface area contributed by atoms with Gasteiger partial charge in [-0.1, -0.05) is 43.0 Å². The summed E-state index contributed by atoms with van der Waals surface area (Å²) in [5.41, 5.74) is 4.28. The predicted octanol–water partition coefficient (Wildman–Crippen LogP) is 5.35. The third-order valence-corrected chi connectivity index (χ3v) is 6.04. The number of aryl methyl sites for hydroxylation is 3. The summed E-state index contributed by atoms with van der Waals surface area (Å²) < 4.78 is 8.07. The summed E-state index contributed by atoms with van der Waals surface area (Å²) in [6.07, 6.45) is 0.746. The smallest absolute Gasteiger partial charge is 0.234 e. The van der Waals surface area contributed by atoms with Crippen molar-refractivity contribution in [2.75, 3.05) is 11.1 Å². The van der Waals surface area contributed by atoms with Crippen LogP contribution in [0.3, 0.4) is 0 Å². The lowest BCUT2D eigenvalue weighted by molar-refractivity contribution is -0.113. The molecule has 1 amide bonds. The minimum atomic E-state index is -0.252. The highest BCUT2D eigenvalue weighted by molar-refractivity contribution is 7.99. The molecule has 0 saturated carbocycles. The summed E-state index contributed by atoms with van der Waals surface area (Å²) in [7, 11) is 0. The fraction of sp³-hybridized carbons (Fsp3) is 0.375. The minimum Gasteiger partial charge on any atom is -0.483 e. The fourth-order valence-corrected chi connectivity index (χ4v) is 4.06. The van der Waals surface area contributed by atoms with Gasteiger partial charge in [-0.15, -0.1) is 10.2 Å². The first-order valence-corrected chi connectivity index (χ1v) is 11.6. The molecule has 0 bridgehead atoms. The first-order valence-electron chi connectivity index (χ1n) is 10.6. The molecule has 0 saturated heterocycles. The van der Waals surface area contributed by atoms with Crippen LogP contribution in [0.2, 0.25) is 0 Å². The van der Waals surface area contributed by atoms with Crippen LogP contribution >= 0.6 is 11.8 Å². The molecule has 1 aromatic heterocycles. The second kappa shape index (κ2) is 10.5. The Labute approximate surface area is 188 Å². The van der Waals surface area contributed by atoms with Crippen LogP contribution in [-0.4, -0.2) is 26.4 Å². The van der Waals surface area contributed by atoms with Gasteiger partial charge in [0.1, 0.15) is 5.75 Å². The highest BCUT2D eigenvalue weighted by Crippen LogP contribution is 2.25. The summed E-state index contributed by atoms with van der Waals surface area (Å²) in [6.45, 7) is 10.8. The number of aromatic nitrogens is 3. The zero-order chi connectivity index (χ0) is 22.4. The van der Waals surface area contributed by atoms with Gasteiger partial charge in [0.2, 0.25) is 5.91 Å². The Morgan fingerprint density at radius 3 is 2.55 bits per heavy atom. The van der Waals surface area contributed by atoms with Crippen LogP contribution in [0.5, 0.6) is 5.75 Å². The molecule has 0 unspecified atom stereocenters. The normalized spacial score (nSPS) is 11.9. The van der Waals surface area contributed by atoms with Crippen molar-refractivity contribution >= 4 is 23.4 Å². The SMILES string of the molecule is CCc1ccc(O[C@@H](C)c2nnc(SCC(=O)Nc3cc(C)ccc3C)n2CC)cc1. The average Bonchev–Trinajstić information content (AvgIpc) is 3.18. The summed E-state index contributed by atoms with van der Waals surface area (Å²) >= 11 is 1.38. The van der Waals surface area contributed by atoms with E-state index in [1.54, 1.807) is 0 Å². The number of hydrogen-bond acceptors (Lipinski definition) is 5. The molecular weight excluding hydrogens is 408 g/mol. The zero-order valence-electron chi connectivity index (χ0n) is 18.8. The maximum atomic E-state index is 12.5. The third-order valence-electron chi connectivity index (χ3n) is 5.07. The fourth-order valence-electron chi connectivity index (χ4n) is 3.25. The van der Waals surface area contributed by atoms with Gasteiger partial charge in [-0.05, 0) is 69.0 Å². The Morgan fingerprint density at radius 1 is 1.13 bits per heavy atom. The van der Waals surface area contributed by atoms with E-state index in [1.165, 1.54) is 17.3 Å². The van der Waals surface area contributed by atoms with Gasteiger partial charge in [-0.3, -0.25) is 4.79 Å². The molecule has 0 aliphatic rings. The molecule has 2 aromatic carbocycles. The molecule has 1 heterocycles. The number of carbonyl (C=O) groups excluding carboxylic acids is 1. The molecule has 31 heavy (non-hydrogen) atoms. The number of nitrogens with zero attached hydrogens (tertiary/aromatic N) is 3. The maximum absolute atomic E-state index is 12.5. The van der Waals surface area contributed by atoms with Gasteiger partial charge in [0.05, 0.1) is 5.75 Å². The molecule has 0 aliphatic heterocycles. The van der Waals surface area contributed by atoms with Crippen molar-refractivity contribution in [2.45, 2.75) is 58.8 Å². The monoisotopic (exact) mass is 438 g/mol. The van der Waals surface area contributed by atoms with E-state index < -0.39 is 0 Å². The van der Waals surface area contributed by atoms with Crippen LogP contribution in [-0.2, 0) is 17.8 Å². The van der Waals surface area contributed by atoms with Crippen molar-refractivity contribution in [3.8, 4) is 5.75 Å². The summed E-state index contributed by atoms with van der Waals surface area (Å²) in [5.74, 6) is 1.75. The molecule has 6 nitrogen and oxygen atoms in total. The quantitative estimate of drug-likeness (QED) is 0.456. The van der Waals surface area contributed by atoms with Crippen LogP contribution in [0.25, 0.3) is 0 Å². The Kier molecular flexibility index (Phi) is 7.74. The Morgan fingerprint density at radius 2 is 1.87 bits per heavy atom. The first kappa shape index (κ1) is 22.9. The van der Waals surface area contributed by atoms with Crippen molar-refractivity contribution in [3.63, 3.8) is 0 Å². The van der Waals surface area contributed by atoms with Crippen molar-refractivity contribution < 1.29 is 9.53 Å². The average molecular weight is 439 g/mol. The molecule has 1 atom stereocenters. The number of rotatable bonds is 9. The predicted molar refractivity (Wildman–Crippen MR) is 126 cm³/mol. The molecule has 0 radical (unpaired) electrons. The topological polar surface area (TPSA) is 69.0 Å². The van der Waals surface area contributed by atoms with Gasteiger partial charge in [-0.2, -0.15) is 0 Å². The molecule has 0 aliphatic carbocycles. The summed E-state index contributed by atoms with van der Waals surface area (Å²) in [4.78, 5) is 12.5. The van der Waals surface area contributed by atoms with E-state index in [0.717, 1.165) is 34.8 Å². The first-order chi connectivity index (χ1) is 14.9. The van der Waals surface area contributed by atoms with E-state index >= 15 is 0 Å². The second-order valence-electron chi connectivity index (χ2n) is 7.50. The number of hydrogen-bond donors (Lipinski definition) is 1. The molecule has 0 fully saturated rings. The Hall–Kier alpha value is -2.80. The Balaban J connectivity index is 1.63. The number of benzene rings is 2. The number of carbonyl (C=O) groups is 1. The Bertz CT molecular complexity index is 1030. The van der Waals surface area contributed by atoms with Crippen molar-refractivity contribution in [1.29, 1.82) is 0 Å². The molecule has 164 valence electrons. The van der Waals surface area contributed by atoms with E-state index in [-0.39, 0.29) is 17.8 Å². The van der Waals surface area contributed by atoms with E-state index in [2.05, 4.69) is 34.6 Å². The molecule has 0 spiro atoms. The number of thioether (sulfide) groups is 1. The number of anilines is 1. The van der Waals surface area contributed by atoms with Gasteiger partial charge in [-0.25, -0.2) is 0 Å². The van der Waals surface area contributed by atoms with Crippen LogP contribution in [0.1, 0.15) is 49.4 Å². The minimum absolute atomic E-state index is 0.0637. The van der Waals surface area contributed by atoms with Crippen LogP contribution in [0, 0.1) is 13.8 Å².